The number of aryl methyl sites for hydroxylation is 1. The topological polar surface area (TPSA) is 59.0 Å². The normalized spacial score (nSPS) is 22.4. The van der Waals surface area contributed by atoms with Crippen LogP contribution in [0.1, 0.15) is 43.0 Å². The van der Waals surface area contributed by atoms with Crippen molar-refractivity contribution in [3.8, 4) is 0 Å². The summed E-state index contributed by atoms with van der Waals surface area (Å²) in [6, 6.07) is 0.0882. The molecule has 1 atom stereocenters. The van der Waals surface area contributed by atoms with E-state index in [0.29, 0.717) is 0 Å². The van der Waals surface area contributed by atoms with Crippen molar-refractivity contribution in [3.63, 3.8) is 0 Å². The first-order valence-corrected chi connectivity index (χ1v) is 6.79. The van der Waals surface area contributed by atoms with Gasteiger partial charge in [-0.15, -0.1) is 0 Å². The van der Waals surface area contributed by atoms with E-state index in [1.165, 1.54) is 24.1 Å². The zero-order valence-corrected chi connectivity index (χ0v) is 10.8. The van der Waals surface area contributed by atoms with E-state index in [1.54, 1.807) is 0 Å². The third kappa shape index (κ3) is 2.35. The first-order chi connectivity index (χ1) is 8.74. The molecule has 1 aromatic heterocycles. The maximum Gasteiger partial charge on any atom is 0.315 e. The van der Waals surface area contributed by atoms with E-state index in [2.05, 4.69) is 15.7 Å². The van der Waals surface area contributed by atoms with Crippen molar-refractivity contribution < 1.29 is 4.79 Å². The van der Waals surface area contributed by atoms with Crippen molar-refractivity contribution in [3.05, 3.63) is 17.5 Å². The molecule has 5 heteroatoms. The number of amides is 2. The van der Waals surface area contributed by atoms with E-state index in [1.807, 2.05) is 17.9 Å². The lowest BCUT2D eigenvalue weighted by Gasteiger charge is -2.23. The Labute approximate surface area is 107 Å². The summed E-state index contributed by atoms with van der Waals surface area (Å²) >= 11 is 0. The van der Waals surface area contributed by atoms with E-state index in [-0.39, 0.29) is 12.1 Å². The van der Waals surface area contributed by atoms with Gasteiger partial charge in [0.1, 0.15) is 0 Å². The molecule has 0 spiro atoms. The molecule has 3 rings (SSSR count). The maximum absolute atomic E-state index is 11.8. The highest BCUT2D eigenvalue weighted by Crippen LogP contribution is 2.29. The second-order valence-corrected chi connectivity index (χ2v) is 5.41. The standard InChI is InChI=1S/C13H20N4O/c1-17-12-4-2-3-11(10(12)8-15-17)16-13(18)14-7-9-5-6-9/h8-9,11H,2-7H2,1H3,(H2,14,16,18)/t11-/m1/s1. The van der Waals surface area contributed by atoms with E-state index in [4.69, 9.17) is 0 Å². The number of carbonyl (C=O) groups is 1. The highest BCUT2D eigenvalue weighted by Gasteiger charge is 2.26. The Morgan fingerprint density at radius 3 is 3.11 bits per heavy atom. The summed E-state index contributed by atoms with van der Waals surface area (Å²) in [5.41, 5.74) is 2.44. The molecule has 1 saturated carbocycles. The van der Waals surface area contributed by atoms with Crippen LogP contribution in [-0.4, -0.2) is 22.4 Å². The van der Waals surface area contributed by atoms with Gasteiger partial charge in [0.2, 0.25) is 0 Å². The number of hydrogen-bond donors (Lipinski definition) is 2. The molecular weight excluding hydrogens is 228 g/mol. The number of aromatic nitrogens is 2. The summed E-state index contributed by atoms with van der Waals surface area (Å²) in [5.74, 6) is 0.719. The Morgan fingerprint density at radius 2 is 2.33 bits per heavy atom. The van der Waals surface area contributed by atoms with Gasteiger partial charge in [-0.05, 0) is 38.0 Å². The fourth-order valence-electron chi connectivity index (χ4n) is 2.62. The lowest BCUT2D eigenvalue weighted by Crippen LogP contribution is -2.39. The summed E-state index contributed by atoms with van der Waals surface area (Å²) in [4.78, 5) is 11.8. The molecule has 0 aromatic carbocycles. The molecule has 5 nitrogen and oxygen atoms in total. The van der Waals surface area contributed by atoms with Gasteiger partial charge in [0, 0.05) is 24.8 Å². The zero-order chi connectivity index (χ0) is 12.5. The van der Waals surface area contributed by atoms with Gasteiger partial charge in [0.25, 0.3) is 0 Å². The second-order valence-electron chi connectivity index (χ2n) is 5.41. The predicted molar refractivity (Wildman–Crippen MR) is 68.1 cm³/mol. The molecule has 1 aromatic rings. The maximum atomic E-state index is 11.8. The number of rotatable bonds is 3. The summed E-state index contributed by atoms with van der Waals surface area (Å²) < 4.78 is 1.92. The number of urea groups is 1. The van der Waals surface area contributed by atoms with Crippen molar-refractivity contribution in [2.24, 2.45) is 13.0 Å². The SMILES string of the molecule is Cn1ncc2c1CCC[C@H]2NC(=O)NCC1CC1. The molecule has 2 N–H and O–H groups in total. The zero-order valence-electron chi connectivity index (χ0n) is 10.8. The Balaban J connectivity index is 1.60. The summed E-state index contributed by atoms with van der Waals surface area (Å²) in [6.45, 7) is 0.818. The van der Waals surface area contributed by atoms with Gasteiger partial charge in [0.15, 0.2) is 0 Å². The summed E-state index contributed by atoms with van der Waals surface area (Å²) in [7, 11) is 1.97. The minimum Gasteiger partial charge on any atom is -0.338 e. The minimum absolute atomic E-state index is 0.0383. The molecule has 0 unspecified atom stereocenters. The third-order valence-electron chi connectivity index (χ3n) is 3.93. The Kier molecular flexibility index (Phi) is 2.97. The van der Waals surface area contributed by atoms with Crippen LogP contribution < -0.4 is 10.6 Å². The fourth-order valence-corrected chi connectivity index (χ4v) is 2.62. The van der Waals surface area contributed by atoms with Gasteiger partial charge in [-0.1, -0.05) is 0 Å². The molecular formula is C13H20N4O. The highest BCUT2D eigenvalue weighted by atomic mass is 16.2. The lowest BCUT2D eigenvalue weighted by molar-refractivity contribution is 0.235. The molecule has 0 aliphatic heterocycles. The van der Waals surface area contributed by atoms with Crippen molar-refractivity contribution in [1.82, 2.24) is 20.4 Å². The van der Waals surface area contributed by atoms with E-state index in [0.717, 1.165) is 31.7 Å². The van der Waals surface area contributed by atoms with Crippen molar-refractivity contribution in [1.29, 1.82) is 0 Å². The molecule has 2 aliphatic rings. The quantitative estimate of drug-likeness (QED) is 0.851. The van der Waals surface area contributed by atoms with Gasteiger partial charge in [-0.2, -0.15) is 5.10 Å². The molecule has 0 bridgehead atoms. The predicted octanol–water partition coefficient (Wildman–Crippen LogP) is 1.51. The molecule has 0 saturated heterocycles. The van der Waals surface area contributed by atoms with Crippen molar-refractivity contribution in [2.75, 3.05) is 6.54 Å². The monoisotopic (exact) mass is 248 g/mol. The number of nitrogens with one attached hydrogen (secondary N) is 2. The van der Waals surface area contributed by atoms with Crippen LogP contribution in [0.25, 0.3) is 0 Å². The van der Waals surface area contributed by atoms with Crippen LogP contribution in [0, 0.1) is 5.92 Å². The van der Waals surface area contributed by atoms with Crippen LogP contribution in [0.15, 0.2) is 6.20 Å². The Bertz CT molecular complexity index is 450. The van der Waals surface area contributed by atoms with Crippen LogP contribution in [0.5, 0.6) is 0 Å². The lowest BCUT2D eigenvalue weighted by atomic mass is 9.93. The summed E-state index contributed by atoms with van der Waals surface area (Å²) in [6.07, 6.45) is 7.59. The second kappa shape index (κ2) is 4.63. The van der Waals surface area contributed by atoms with Gasteiger partial charge in [0.05, 0.1) is 12.2 Å². The van der Waals surface area contributed by atoms with E-state index in [9.17, 15) is 4.79 Å². The molecule has 1 fully saturated rings. The number of nitrogens with zero attached hydrogens (tertiary/aromatic N) is 2. The van der Waals surface area contributed by atoms with Crippen LogP contribution in [0.2, 0.25) is 0 Å². The van der Waals surface area contributed by atoms with E-state index >= 15 is 0 Å². The summed E-state index contributed by atoms with van der Waals surface area (Å²) in [5, 5.41) is 10.3. The molecule has 2 aliphatic carbocycles. The van der Waals surface area contributed by atoms with Crippen molar-refractivity contribution >= 4 is 6.03 Å². The average molecular weight is 248 g/mol. The highest BCUT2D eigenvalue weighted by molar-refractivity contribution is 5.74. The average Bonchev–Trinajstić information content (AvgIpc) is 3.12. The van der Waals surface area contributed by atoms with Crippen LogP contribution in [-0.2, 0) is 13.5 Å². The fraction of sp³-hybridized carbons (Fsp3) is 0.692. The Morgan fingerprint density at radius 1 is 1.50 bits per heavy atom. The Hall–Kier alpha value is -1.52. The molecule has 0 radical (unpaired) electrons. The largest absolute Gasteiger partial charge is 0.338 e. The van der Waals surface area contributed by atoms with E-state index < -0.39 is 0 Å². The number of fused-ring (bicyclic) bond motifs is 1. The first-order valence-electron chi connectivity index (χ1n) is 6.79. The van der Waals surface area contributed by atoms with Gasteiger partial charge in [-0.3, -0.25) is 4.68 Å². The van der Waals surface area contributed by atoms with Crippen molar-refractivity contribution in [2.45, 2.75) is 38.1 Å². The molecule has 98 valence electrons. The minimum atomic E-state index is -0.0383. The molecule has 1 heterocycles. The van der Waals surface area contributed by atoms with Crippen LogP contribution in [0.3, 0.4) is 0 Å². The molecule has 2 amide bonds. The van der Waals surface area contributed by atoms with Gasteiger partial charge < -0.3 is 10.6 Å². The molecule has 18 heavy (non-hydrogen) atoms. The van der Waals surface area contributed by atoms with Crippen LogP contribution >= 0.6 is 0 Å². The first kappa shape index (κ1) is 11.6. The number of hydrogen-bond acceptors (Lipinski definition) is 2. The smallest absolute Gasteiger partial charge is 0.315 e. The number of carbonyl (C=O) groups excluding carboxylic acids is 1. The van der Waals surface area contributed by atoms with Gasteiger partial charge >= 0.3 is 6.03 Å². The van der Waals surface area contributed by atoms with Gasteiger partial charge in [-0.25, -0.2) is 4.79 Å². The third-order valence-corrected chi connectivity index (χ3v) is 3.93. The van der Waals surface area contributed by atoms with Crippen LogP contribution in [0.4, 0.5) is 4.79 Å².